The fourth-order valence-electron chi connectivity index (χ4n) is 1.98. The molecule has 0 radical (unpaired) electrons. The Morgan fingerprint density at radius 1 is 1.47 bits per heavy atom. The van der Waals surface area contributed by atoms with Crippen molar-refractivity contribution in [3.63, 3.8) is 0 Å². The average molecular weight is 250 g/mol. The van der Waals surface area contributed by atoms with E-state index >= 15 is 0 Å². The van der Waals surface area contributed by atoms with E-state index in [2.05, 4.69) is 4.98 Å². The van der Waals surface area contributed by atoms with Crippen LogP contribution in [0.25, 0.3) is 10.9 Å². The van der Waals surface area contributed by atoms with E-state index in [0.29, 0.717) is 22.5 Å². The van der Waals surface area contributed by atoms with Crippen molar-refractivity contribution in [2.24, 2.45) is 0 Å². The van der Waals surface area contributed by atoms with E-state index in [0.717, 1.165) is 5.39 Å². The summed E-state index contributed by atoms with van der Waals surface area (Å²) < 4.78 is 0. The second kappa shape index (κ2) is 4.72. The number of pyridine rings is 1. The molecule has 0 aliphatic rings. The summed E-state index contributed by atoms with van der Waals surface area (Å²) >= 11 is 6.12. The van der Waals surface area contributed by atoms with Gasteiger partial charge in [0.25, 0.3) is 0 Å². The Hall–Kier alpha value is -1.61. The van der Waals surface area contributed by atoms with Crippen molar-refractivity contribution in [3.05, 3.63) is 41.0 Å². The molecule has 17 heavy (non-hydrogen) atoms. The predicted octanol–water partition coefficient (Wildman–Crippen LogP) is 3.47. The van der Waals surface area contributed by atoms with Crippen molar-refractivity contribution in [1.82, 2.24) is 4.98 Å². The van der Waals surface area contributed by atoms with E-state index in [4.69, 9.17) is 11.6 Å². The largest absolute Gasteiger partial charge is 0.481 e. The molecule has 1 unspecified atom stereocenters. The number of fused-ring (bicyclic) bond motifs is 1. The summed E-state index contributed by atoms with van der Waals surface area (Å²) in [5.41, 5.74) is 1.29. The van der Waals surface area contributed by atoms with Gasteiger partial charge in [0.2, 0.25) is 0 Å². The summed E-state index contributed by atoms with van der Waals surface area (Å²) in [4.78, 5) is 15.5. The van der Waals surface area contributed by atoms with Crippen LogP contribution in [0.4, 0.5) is 0 Å². The van der Waals surface area contributed by atoms with Crippen LogP contribution >= 0.6 is 11.6 Å². The Balaban J connectivity index is 2.73. The highest BCUT2D eigenvalue weighted by Crippen LogP contribution is 2.33. The fourth-order valence-corrected chi connectivity index (χ4v) is 2.26. The lowest BCUT2D eigenvalue weighted by molar-refractivity contribution is -0.138. The minimum atomic E-state index is -0.868. The second-order valence-corrected chi connectivity index (χ2v) is 4.24. The molecule has 2 aromatic rings. The van der Waals surface area contributed by atoms with Gasteiger partial charge in [-0.25, -0.2) is 0 Å². The quantitative estimate of drug-likeness (QED) is 0.906. The first kappa shape index (κ1) is 11.9. The molecule has 1 heterocycles. The third-order valence-corrected chi connectivity index (χ3v) is 3.14. The van der Waals surface area contributed by atoms with Crippen molar-refractivity contribution in [3.8, 4) is 0 Å². The number of carboxylic acids is 1. The van der Waals surface area contributed by atoms with Gasteiger partial charge in [-0.05, 0) is 18.6 Å². The second-order valence-electron chi connectivity index (χ2n) is 3.84. The van der Waals surface area contributed by atoms with Crippen LogP contribution in [-0.4, -0.2) is 16.1 Å². The van der Waals surface area contributed by atoms with Crippen LogP contribution in [0.2, 0.25) is 5.02 Å². The molecule has 0 spiro atoms. The van der Waals surface area contributed by atoms with Crippen LogP contribution in [-0.2, 0) is 4.79 Å². The Morgan fingerprint density at radius 3 is 2.88 bits per heavy atom. The first-order chi connectivity index (χ1) is 8.15. The molecule has 0 aliphatic heterocycles. The summed E-state index contributed by atoms with van der Waals surface area (Å²) in [6.45, 7) is 1.83. The molecule has 88 valence electrons. The van der Waals surface area contributed by atoms with Gasteiger partial charge in [0.15, 0.2) is 0 Å². The van der Waals surface area contributed by atoms with E-state index in [1.807, 2.05) is 25.1 Å². The number of rotatable bonds is 3. The molecular formula is C13H12ClNO2. The van der Waals surface area contributed by atoms with Gasteiger partial charge < -0.3 is 5.11 Å². The van der Waals surface area contributed by atoms with E-state index in [1.165, 1.54) is 0 Å². The maximum atomic E-state index is 11.2. The molecule has 4 heteroatoms. The number of hydrogen-bond donors (Lipinski definition) is 1. The normalized spacial score (nSPS) is 12.6. The maximum absolute atomic E-state index is 11.2. The topological polar surface area (TPSA) is 50.2 Å². The molecule has 0 amide bonds. The summed E-state index contributed by atoms with van der Waals surface area (Å²) in [5, 5.41) is 10.6. The molecule has 0 saturated carbocycles. The van der Waals surface area contributed by atoms with Gasteiger partial charge in [-0.1, -0.05) is 30.7 Å². The van der Waals surface area contributed by atoms with Crippen LogP contribution in [0.15, 0.2) is 30.5 Å². The lowest BCUT2D eigenvalue weighted by atomic mass is 9.94. The third-order valence-electron chi connectivity index (χ3n) is 2.82. The molecular weight excluding hydrogens is 238 g/mol. The Morgan fingerprint density at radius 2 is 2.24 bits per heavy atom. The van der Waals surface area contributed by atoms with Gasteiger partial charge in [0.05, 0.1) is 11.4 Å². The average Bonchev–Trinajstić information content (AvgIpc) is 2.32. The minimum absolute atomic E-state index is 0.463. The first-order valence-corrected chi connectivity index (χ1v) is 5.79. The van der Waals surface area contributed by atoms with Gasteiger partial charge in [-0.15, -0.1) is 0 Å². The number of nitrogens with zero attached hydrogens (tertiary/aromatic N) is 1. The number of halogens is 1. The first-order valence-electron chi connectivity index (χ1n) is 5.41. The number of aliphatic carboxylic acids is 1. The molecule has 2 rings (SSSR count). The molecule has 0 aliphatic carbocycles. The van der Waals surface area contributed by atoms with Crippen molar-refractivity contribution in [2.45, 2.75) is 19.3 Å². The minimum Gasteiger partial charge on any atom is -0.481 e. The number of benzene rings is 1. The molecule has 1 aromatic carbocycles. The predicted molar refractivity (Wildman–Crippen MR) is 67.4 cm³/mol. The summed E-state index contributed by atoms with van der Waals surface area (Å²) in [7, 11) is 0. The van der Waals surface area contributed by atoms with Gasteiger partial charge >= 0.3 is 5.97 Å². The zero-order valence-electron chi connectivity index (χ0n) is 9.35. The zero-order chi connectivity index (χ0) is 12.4. The van der Waals surface area contributed by atoms with Crippen LogP contribution in [0.1, 0.15) is 24.8 Å². The van der Waals surface area contributed by atoms with Crippen molar-refractivity contribution < 1.29 is 9.90 Å². The Kier molecular flexibility index (Phi) is 3.29. The number of carbonyl (C=O) groups is 1. The Bertz CT molecular complexity index is 568. The standard InChI is InChI=1S/C13H12ClNO2/c1-2-9(13(16)17)11-10(14)6-5-8-4-3-7-15-12(8)11/h3-7,9H,2H2,1H3,(H,16,17). The van der Waals surface area contributed by atoms with Crippen LogP contribution in [0.3, 0.4) is 0 Å². The molecule has 1 atom stereocenters. The highest BCUT2D eigenvalue weighted by molar-refractivity contribution is 6.32. The van der Waals surface area contributed by atoms with Crippen molar-refractivity contribution >= 4 is 28.5 Å². The SMILES string of the molecule is CCC(C(=O)O)c1c(Cl)ccc2cccnc12. The highest BCUT2D eigenvalue weighted by atomic mass is 35.5. The van der Waals surface area contributed by atoms with Crippen LogP contribution < -0.4 is 0 Å². The molecule has 0 saturated heterocycles. The van der Waals surface area contributed by atoms with Gasteiger partial charge in [-0.3, -0.25) is 9.78 Å². The molecule has 3 nitrogen and oxygen atoms in total. The van der Waals surface area contributed by atoms with E-state index in [1.54, 1.807) is 12.3 Å². The Labute approximate surface area is 104 Å². The molecule has 1 N–H and O–H groups in total. The lowest BCUT2D eigenvalue weighted by Crippen LogP contribution is -2.12. The van der Waals surface area contributed by atoms with E-state index in [9.17, 15) is 9.90 Å². The third kappa shape index (κ3) is 2.11. The van der Waals surface area contributed by atoms with E-state index < -0.39 is 11.9 Å². The summed E-state index contributed by atoms with van der Waals surface area (Å²) in [5.74, 6) is -1.48. The van der Waals surface area contributed by atoms with Gasteiger partial charge in [0, 0.05) is 22.2 Å². The van der Waals surface area contributed by atoms with Crippen LogP contribution in [0, 0.1) is 0 Å². The number of carboxylic acid groups (broad SMARTS) is 1. The molecule has 1 aromatic heterocycles. The lowest BCUT2D eigenvalue weighted by Gasteiger charge is -2.14. The summed E-state index contributed by atoms with van der Waals surface area (Å²) in [6, 6.07) is 7.30. The summed E-state index contributed by atoms with van der Waals surface area (Å²) in [6.07, 6.45) is 2.14. The van der Waals surface area contributed by atoms with E-state index in [-0.39, 0.29) is 0 Å². The van der Waals surface area contributed by atoms with Gasteiger partial charge in [-0.2, -0.15) is 0 Å². The zero-order valence-corrected chi connectivity index (χ0v) is 10.1. The monoisotopic (exact) mass is 249 g/mol. The molecule has 0 bridgehead atoms. The number of aromatic nitrogens is 1. The smallest absolute Gasteiger partial charge is 0.311 e. The molecule has 0 fully saturated rings. The van der Waals surface area contributed by atoms with Crippen molar-refractivity contribution in [2.75, 3.05) is 0 Å². The van der Waals surface area contributed by atoms with Crippen LogP contribution in [0.5, 0.6) is 0 Å². The highest BCUT2D eigenvalue weighted by Gasteiger charge is 2.23. The fraction of sp³-hybridized carbons (Fsp3) is 0.231. The maximum Gasteiger partial charge on any atom is 0.311 e. The number of hydrogen-bond acceptors (Lipinski definition) is 2. The van der Waals surface area contributed by atoms with Gasteiger partial charge in [0.1, 0.15) is 0 Å². The van der Waals surface area contributed by atoms with Crippen molar-refractivity contribution in [1.29, 1.82) is 0 Å².